The largest absolute Gasteiger partial charge is 0.269 e. The molecule has 0 aromatic carbocycles. The van der Waals surface area contributed by atoms with Crippen LogP contribution in [0.15, 0.2) is 16.8 Å². The first-order chi connectivity index (χ1) is 6.33. The Morgan fingerprint density at radius 3 is 2.50 bits per heavy atom. The number of nitrogens with zero attached hydrogens (tertiary/aromatic N) is 2. The summed E-state index contributed by atoms with van der Waals surface area (Å²) in [5.74, 6) is 0.243. The van der Waals surface area contributed by atoms with Crippen LogP contribution >= 0.6 is 0 Å². The van der Waals surface area contributed by atoms with Crippen molar-refractivity contribution in [2.45, 2.75) is 27.7 Å². The quantitative estimate of drug-likeness (QED) is 0.628. The third-order valence-corrected chi connectivity index (χ3v) is 2.25. The molecule has 1 heterocycles. The Balaban J connectivity index is 3.14. The van der Waals surface area contributed by atoms with Crippen LogP contribution in [0.5, 0.6) is 0 Å². The van der Waals surface area contributed by atoms with Gasteiger partial charge in [-0.3, -0.25) is 4.79 Å². The second-order valence-electron chi connectivity index (χ2n) is 4.65. The van der Waals surface area contributed by atoms with Gasteiger partial charge in [-0.05, 0) is 5.92 Å². The molecule has 1 amide bonds. The lowest BCUT2D eigenvalue weighted by Gasteiger charge is -2.15. The third-order valence-electron chi connectivity index (χ3n) is 2.25. The molecule has 0 atom stereocenters. The standard InChI is InChI=1S/C11H18N2O/c1-8(2)9-6-11(3,4)7-12-13(5)10(9)14/h6-8H,1-5H3. The first-order valence-corrected chi connectivity index (χ1v) is 4.89. The van der Waals surface area contributed by atoms with Crippen LogP contribution in [0, 0.1) is 11.3 Å². The molecule has 1 aliphatic rings. The highest BCUT2D eigenvalue weighted by Crippen LogP contribution is 2.24. The van der Waals surface area contributed by atoms with Gasteiger partial charge in [-0.2, -0.15) is 5.10 Å². The minimum atomic E-state index is -0.139. The van der Waals surface area contributed by atoms with Gasteiger partial charge in [-0.25, -0.2) is 5.01 Å². The number of hydrazone groups is 1. The summed E-state index contributed by atoms with van der Waals surface area (Å²) in [6.07, 6.45) is 3.81. The molecule has 0 unspecified atom stereocenters. The summed E-state index contributed by atoms with van der Waals surface area (Å²) in [5.41, 5.74) is 0.704. The molecular formula is C11H18N2O. The molecule has 0 saturated heterocycles. The molecule has 3 heteroatoms. The Morgan fingerprint density at radius 2 is 2.00 bits per heavy atom. The predicted molar refractivity (Wildman–Crippen MR) is 58.0 cm³/mol. The zero-order chi connectivity index (χ0) is 10.9. The second-order valence-corrected chi connectivity index (χ2v) is 4.65. The van der Waals surface area contributed by atoms with Crippen molar-refractivity contribution in [3.63, 3.8) is 0 Å². The number of hydrogen-bond donors (Lipinski definition) is 0. The van der Waals surface area contributed by atoms with E-state index < -0.39 is 0 Å². The van der Waals surface area contributed by atoms with E-state index in [-0.39, 0.29) is 17.2 Å². The molecule has 0 aromatic heterocycles. The minimum absolute atomic E-state index is 0.00169. The maximum Gasteiger partial charge on any atom is 0.269 e. The first kappa shape index (κ1) is 11.0. The highest BCUT2D eigenvalue weighted by Gasteiger charge is 2.25. The van der Waals surface area contributed by atoms with Gasteiger partial charge < -0.3 is 0 Å². The summed E-state index contributed by atoms with van der Waals surface area (Å²) >= 11 is 0. The Kier molecular flexibility index (Phi) is 2.79. The van der Waals surface area contributed by atoms with Crippen molar-refractivity contribution in [2.75, 3.05) is 7.05 Å². The predicted octanol–water partition coefficient (Wildman–Crippen LogP) is 2.05. The van der Waals surface area contributed by atoms with Gasteiger partial charge in [-0.1, -0.05) is 33.8 Å². The van der Waals surface area contributed by atoms with Gasteiger partial charge in [0.25, 0.3) is 5.91 Å². The van der Waals surface area contributed by atoms with Crippen molar-refractivity contribution in [1.29, 1.82) is 0 Å². The Hall–Kier alpha value is -1.12. The maximum atomic E-state index is 11.8. The molecule has 3 nitrogen and oxygen atoms in total. The molecule has 0 aliphatic carbocycles. The van der Waals surface area contributed by atoms with Gasteiger partial charge in [0.1, 0.15) is 0 Å². The van der Waals surface area contributed by atoms with E-state index in [1.54, 1.807) is 13.3 Å². The summed E-state index contributed by atoms with van der Waals surface area (Å²) in [6.45, 7) is 8.15. The maximum absolute atomic E-state index is 11.8. The Labute approximate surface area is 85.5 Å². The third kappa shape index (κ3) is 2.22. The second kappa shape index (κ2) is 3.56. The van der Waals surface area contributed by atoms with Gasteiger partial charge in [-0.15, -0.1) is 0 Å². The van der Waals surface area contributed by atoms with Crippen LogP contribution in [-0.4, -0.2) is 24.2 Å². The van der Waals surface area contributed by atoms with Gasteiger partial charge in [0.15, 0.2) is 0 Å². The topological polar surface area (TPSA) is 32.7 Å². The van der Waals surface area contributed by atoms with E-state index in [2.05, 4.69) is 5.10 Å². The molecule has 0 N–H and O–H groups in total. The fourth-order valence-electron chi connectivity index (χ4n) is 1.39. The monoisotopic (exact) mass is 194 g/mol. The van der Waals surface area contributed by atoms with Crippen molar-refractivity contribution >= 4 is 12.1 Å². The highest BCUT2D eigenvalue weighted by molar-refractivity contribution is 5.95. The lowest BCUT2D eigenvalue weighted by Crippen LogP contribution is -2.24. The Bertz CT molecular complexity index is 300. The van der Waals surface area contributed by atoms with E-state index in [9.17, 15) is 4.79 Å². The zero-order valence-electron chi connectivity index (χ0n) is 9.53. The Morgan fingerprint density at radius 1 is 1.43 bits per heavy atom. The molecule has 0 saturated carbocycles. The molecule has 0 bridgehead atoms. The van der Waals surface area contributed by atoms with Crippen molar-refractivity contribution in [3.8, 4) is 0 Å². The SMILES string of the molecule is CC(C)C1=CC(C)(C)C=NN(C)C1=O. The average molecular weight is 194 g/mol. The van der Waals surface area contributed by atoms with Crippen LogP contribution in [0.25, 0.3) is 0 Å². The zero-order valence-corrected chi connectivity index (χ0v) is 9.53. The number of allylic oxidation sites excluding steroid dienone is 1. The van der Waals surface area contributed by atoms with Crippen molar-refractivity contribution in [2.24, 2.45) is 16.4 Å². The summed E-state index contributed by atoms with van der Waals surface area (Å²) < 4.78 is 0. The summed E-state index contributed by atoms with van der Waals surface area (Å²) in [4.78, 5) is 11.8. The normalized spacial score (nSPS) is 21.1. The lowest BCUT2D eigenvalue weighted by molar-refractivity contribution is -0.126. The van der Waals surface area contributed by atoms with Gasteiger partial charge >= 0.3 is 0 Å². The van der Waals surface area contributed by atoms with E-state index in [0.717, 1.165) is 5.57 Å². The average Bonchev–Trinajstić information content (AvgIpc) is 2.17. The van der Waals surface area contributed by atoms with E-state index in [4.69, 9.17) is 0 Å². The van der Waals surface area contributed by atoms with E-state index >= 15 is 0 Å². The molecule has 0 fully saturated rings. The molecular weight excluding hydrogens is 176 g/mol. The van der Waals surface area contributed by atoms with Crippen LogP contribution in [0.2, 0.25) is 0 Å². The molecule has 0 radical (unpaired) electrons. The first-order valence-electron chi connectivity index (χ1n) is 4.89. The van der Waals surface area contributed by atoms with Crippen LogP contribution in [0.1, 0.15) is 27.7 Å². The highest BCUT2D eigenvalue weighted by atomic mass is 16.2. The van der Waals surface area contributed by atoms with Crippen LogP contribution in [0.3, 0.4) is 0 Å². The number of carbonyl (C=O) groups is 1. The van der Waals surface area contributed by atoms with E-state index in [1.807, 2.05) is 33.8 Å². The number of amides is 1. The molecule has 0 spiro atoms. The molecule has 0 aromatic rings. The van der Waals surface area contributed by atoms with Gasteiger partial charge in [0, 0.05) is 24.3 Å². The summed E-state index contributed by atoms with van der Waals surface area (Å²) in [5, 5.41) is 5.50. The molecule has 1 rings (SSSR count). The van der Waals surface area contributed by atoms with Crippen LogP contribution in [0.4, 0.5) is 0 Å². The lowest BCUT2D eigenvalue weighted by atomic mass is 9.89. The van der Waals surface area contributed by atoms with Gasteiger partial charge in [0.2, 0.25) is 0 Å². The number of hydrogen-bond acceptors (Lipinski definition) is 2. The molecule has 1 aliphatic heterocycles. The fraction of sp³-hybridized carbons (Fsp3) is 0.636. The smallest absolute Gasteiger partial charge is 0.268 e. The summed E-state index contributed by atoms with van der Waals surface area (Å²) in [7, 11) is 1.69. The number of rotatable bonds is 1. The van der Waals surface area contributed by atoms with Crippen LogP contribution < -0.4 is 0 Å². The molecule has 78 valence electrons. The molecule has 14 heavy (non-hydrogen) atoms. The van der Waals surface area contributed by atoms with Crippen molar-refractivity contribution in [1.82, 2.24) is 5.01 Å². The van der Waals surface area contributed by atoms with Crippen LogP contribution in [-0.2, 0) is 4.79 Å². The number of likely N-dealkylation sites (N-methyl/N-ethyl adjacent to an activating group) is 1. The fourth-order valence-corrected chi connectivity index (χ4v) is 1.39. The van der Waals surface area contributed by atoms with E-state index in [1.165, 1.54) is 5.01 Å². The number of carbonyl (C=O) groups excluding carboxylic acids is 1. The van der Waals surface area contributed by atoms with Crippen molar-refractivity contribution in [3.05, 3.63) is 11.6 Å². The van der Waals surface area contributed by atoms with Gasteiger partial charge in [0.05, 0.1) is 0 Å². The van der Waals surface area contributed by atoms with Crippen molar-refractivity contribution < 1.29 is 4.79 Å². The van der Waals surface area contributed by atoms with E-state index in [0.29, 0.717) is 0 Å². The summed E-state index contributed by atoms with van der Waals surface area (Å²) in [6, 6.07) is 0. The minimum Gasteiger partial charge on any atom is -0.268 e.